The third-order valence-electron chi connectivity index (χ3n) is 5.88. The largest absolute Gasteiger partial charge is 0.269 e. The van der Waals surface area contributed by atoms with Gasteiger partial charge in [-0.15, -0.1) is 0 Å². The van der Waals surface area contributed by atoms with E-state index in [1.54, 1.807) is 10.0 Å². The van der Waals surface area contributed by atoms with Gasteiger partial charge in [-0.2, -0.15) is 0 Å². The van der Waals surface area contributed by atoms with Crippen molar-refractivity contribution in [1.82, 2.24) is 3.97 Å². The lowest BCUT2D eigenvalue weighted by Gasteiger charge is -2.22. The zero-order valence-electron chi connectivity index (χ0n) is 15.5. The van der Waals surface area contributed by atoms with Gasteiger partial charge >= 0.3 is 0 Å². The summed E-state index contributed by atoms with van der Waals surface area (Å²) < 4.78 is 29.0. The third kappa shape index (κ3) is 1.76. The zero-order chi connectivity index (χ0) is 19.2. The highest BCUT2D eigenvalue weighted by molar-refractivity contribution is 7.90. The van der Waals surface area contributed by atoms with Gasteiger partial charge in [0.1, 0.15) is 0 Å². The predicted octanol–water partition coefficient (Wildman–Crippen LogP) is 5.78. The lowest BCUT2D eigenvalue weighted by Crippen LogP contribution is -2.18. The van der Waals surface area contributed by atoms with Crippen molar-refractivity contribution in [3.8, 4) is 11.1 Å². The first kappa shape index (κ1) is 15.9. The van der Waals surface area contributed by atoms with Crippen LogP contribution < -0.4 is 0 Å². The lowest BCUT2D eigenvalue weighted by molar-refractivity contribution is 0.590. The van der Waals surface area contributed by atoms with Crippen LogP contribution in [0.4, 0.5) is 0 Å². The number of benzene rings is 4. The molecule has 0 unspecified atom stereocenters. The number of rotatable bonds is 0. The molecule has 0 spiro atoms. The molecule has 5 aromatic rings. The molecule has 1 aliphatic heterocycles. The van der Waals surface area contributed by atoms with Crippen LogP contribution in [0.15, 0.2) is 71.6 Å². The van der Waals surface area contributed by atoms with E-state index < -0.39 is 10.0 Å². The Kier molecular flexibility index (Phi) is 2.86. The van der Waals surface area contributed by atoms with Crippen LogP contribution in [0.25, 0.3) is 43.7 Å². The standard InChI is InChI=1S/C24H17NO2S/c1-14-10-11-21-19(12-14)20-13-16-7-3-4-8-17(16)22-18-9-5-6-15(2)23(18)25(24(20)22)28(21,26)27/h3-13H,1-2H3. The number of aromatic nitrogens is 1. The number of aryl methyl sites for hydroxylation is 2. The summed E-state index contributed by atoms with van der Waals surface area (Å²) in [6, 6.07) is 22.0. The van der Waals surface area contributed by atoms with Crippen molar-refractivity contribution in [3.63, 3.8) is 0 Å². The van der Waals surface area contributed by atoms with Gasteiger partial charge in [-0.1, -0.05) is 54.1 Å². The second-order valence-electron chi connectivity index (χ2n) is 7.61. The monoisotopic (exact) mass is 383 g/mol. The molecule has 0 saturated heterocycles. The Hall–Kier alpha value is -3.11. The average molecular weight is 383 g/mol. The summed E-state index contributed by atoms with van der Waals surface area (Å²) in [7, 11) is -3.68. The van der Waals surface area contributed by atoms with E-state index in [1.165, 1.54) is 0 Å². The fourth-order valence-electron chi connectivity index (χ4n) is 4.69. The van der Waals surface area contributed by atoms with Crippen molar-refractivity contribution in [2.24, 2.45) is 0 Å². The molecule has 6 rings (SSSR count). The molecule has 1 aliphatic rings. The van der Waals surface area contributed by atoms with Crippen LogP contribution in [0, 0.1) is 13.8 Å². The molecule has 4 heteroatoms. The number of nitrogens with zero attached hydrogens (tertiary/aromatic N) is 1. The second kappa shape index (κ2) is 5.03. The van der Waals surface area contributed by atoms with Gasteiger partial charge in [0.15, 0.2) is 0 Å². The van der Waals surface area contributed by atoms with E-state index in [0.29, 0.717) is 4.90 Å². The van der Waals surface area contributed by atoms with Gasteiger partial charge in [0.25, 0.3) is 10.0 Å². The number of para-hydroxylation sites is 1. The third-order valence-corrected chi connectivity index (χ3v) is 7.64. The van der Waals surface area contributed by atoms with Crippen molar-refractivity contribution < 1.29 is 8.42 Å². The fraction of sp³-hybridized carbons (Fsp3) is 0.0833. The highest BCUT2D eigenvalue weighted by Crippen LogP contribution is 2.48. The van der Waals surface area contributed by atoms with Crippen LogP contribution in [-0.2, 0) is 10.0 Å². The molecule has 4 aromatic carbocycles. The first-order valence-corrected chi connectivity index (χ1v) is 10.7. The van der Waals surface area contributed by atoms with Gasteiger partial charge in [-0.05, 0) is 48.4 Å². The molecule has 28 heavy (non-hydrogen) atoms. The highest BCUT2D eigenvalue weighted by atomic mass is 32.2. The summed E-state index contributed by atoms with van der Waals surface area (Å²) in [4.78, 5) is 0.378. The summed E-state index contributed by atoms with van der Waals surface area (Å²) in [5.41, 5.74) is 5.36. The molecule has 0 bridgehead atoms. The number of fused-ring (bicyclic) bond motifs is 7. The maximum Gasteiger partial charge on any atom is 0.269 e. The van der Waals surface area contributed by atoms with Crippen molar-refractivity contribution >= 4 is 42.6 Å². The Labute approximate surface area is 162 Å². The molecule has 0 N–H and O–H groups in total. The molecule has 0 saturated carbocycles. The Morgan fingerprint density at radius 1 is 0.750 bits per heavy atom. The Morgan fingerprint density at radius 3 is 2.39 bits per heavy atom. The van der Waals surface area contributed by atoms with Crippen molar-refractivity contribution in [3.05, 3.63) is 77.9 Å². The normalized spacial score (nSPS) is 14.6. The molecule has 0 amide bonds. The van der Waals surface area contributed by atoms with Crippen molar-refractivity contribution in [1.29, 1.82) is 0 Å². The van der Waals surface area contributed by atoms with E-state index in [1.807, 2.05) is 56.3 Å². The first-order chi connectivity index (χ1) is 13.5. The molecule has 0 fully saturated rings. The fourth-order valence-corrected chi connectivity index (χ4v) is 6.48. The van der Waals surface area contributed by atoms with Gasteiger partial charge in [0.2, 0.25) is 0 Å². The maximum absolute atomic E-state index is 13.7. The minimum absolute atomic E-state index is 0.378. The summed E-state index contributed by atoms with van der Waals surface area (Å²) in [5, 5.41) is 4.21. The molecular formula is C24H17NO2S. The number of hydrogen-bond acceptors (Lipinski definition) is 2. The molecule has 136 valence electrons. The van der Waals surface area contributed by atoms with Crippen LogP contribution in [0.1, 0.15) is 11.1 Å². The van der Waals surface area contributed by atoms with Gasteiger partial charge < -0.3 is 0 Å². The Balaban J connectivity index is 2.05. The molecule has 3 nitrogen and oxygen atoms in total. The molecule has 0 radical (unpaired) electrons. The van der Waals surface area contributed by atoms with Crippen molar-refractivity contribution in [2.45, 2.75) is 18.7 Å². The smallest absolute Gasteiger partial charge is 0.232 e. The van der Waals surface area contributed by atoms with E-state index in [-0.39, 0.29) is 0 Å². The molecular weight excluding hydrogens is 366 g/mol. The van der Waals surface area contributed by atoms with Crippen LogP contribution in [0.3, 0.4) is 0 Å². The minimum Gasteiger partial charge on any atom is -0.232 e. The molecule has 2 heterocycles. The van der Waals surface area contributed by atoms with E-state index in [0.717, 1.165) is 54.8 Å². The van der Waals surface area contributed by atoms with Crippen molar-refractivity contribution in [2.75, 3.05) is 0 Å². The maximum atomic E-state index is 13.7. The van der Waals surface area contributed by atoms with Crippen LogP contribution in [-0.4, -0.2) is 12.4 Å². The molecule has 0 aliphatic carbocycles. The van der Waals surface area contributed by atoms with Crippen LogP contribution >= 0.6 is 0 Å². The first-order valence-electron chi connectivity index (χ1n) is 9.30. The summed E-state index contributed by atoms with van der Waals surface area (Å²) in [6.07, 6.45) is 0. The minimum atomic E-state index is -3.68. The van der Waals surface area contributed by atoms with Gasteiger partial charge in [0.05, 0.1) is 15.9 Å². The van der Waals surface area contributed by atoms with Gasteiger partial charge in [0, 0.05) is 21.9 Å². The average Bonchev–Trinajstić information content (AvgIpc) is 3.04. The second-order valence-corrected chi connectivity index (χ2v) is 9.36. The molecule has 0 atom stereocenters. The van der Waals surface area contributed by atoms with E-state index in [2.05, 4.69) is 18.2 Å². The van der Waals surface area contributed by atoms with Crippen LogP contribution in [0.5, 0.6) is 0 Å². The predicted molar refractivity (Wildman–Crippen MR) is 114 cm³/mol. The summed E-state index contributed by atoms with van der Waals surface area (Å²) >= 11 is 0. The summed E-state index contributed by atoms with van der Waals surface area (Å²) in [5.74, 6) is 0. The Morgan fingerprint density at radius 2 is 1.54 bits per heavy atom. The van der Waals surface area contributed by atoms with E-state index in [9.17, 15) is 8.42 Å². The van der Waals surface area contributed by atoms with E-state index in [4.69, 9.17) is 0 Å². The van der Waals surface area contributed by atoms with Crippen LogP contribution in [0.2, 0.25) is 0 Å². The van der Waals surface area contributed by atoms with E-state index >= 15 is 0 Å². The topological polar surface area (TPSA) is 39.1 Å². The SMILES string of the molecule is Cc1ccc2c(c1)-c1cc3ccccc3c3c4cccc(C)c4n(c13)S2(=O)=O. The van der Waals surface area contributed by atoms with Gasteiger partial charge in [-0.3, -0.25) is 0 Å². The Bertz CT molecular complexity index is 1590. The lowest BCUT2D eigenvalue weighted by atomic mass is 9.95. The zero-order valence-corrected chi connectivity index (χ0v) is 16.3. The number of hydrogen-bond donors (Lipinski definition) is 0. The highest BCUT2D eigenvalue weighted by Gasteiger charge is 2.34. The quantitative estimate of drug-likeness (QED) is 0.333. The summed E-state index contributed by atoms with van der Waals surface area (Å²) in [6.45, 7) is 3.98. The van der Waals surface area contributed by atoms with Gasteiger partial charge in [-0.25, -0.2) is 12.4 Å². The molecule has 1 aromatic heterocycles.